The number of carbonyl (C=O) groups is 2. The third-order valence-electron chi connectivity index (χ3n) is 4.63. The van der Waals surface area contributed by atoms with Gasteiger partial charge in [-0.1, -0.05) is 23.5 Å². The van der Waals surface area contributed by atoms with E-state index in [0.29, 0.717) is 33.6 Å². The normalized spacial score (nSPS) is 18.1. The second-order valence-electron chi connectivity index (χ2n) is 6.51. The monoisotopic (exact) mass is 422 g/mol. The van der Waals surface area contributed by atoms with E-state index in [1.807, 2.05) is 6.92 Å². The van der Waals surface area contributed by atoms with Crippen LogP contribution in [0, 0.1) is 6.92 Å². The van der Waals surface area contributed by atoms with Gasteiger partial charge in [0.05, 0.1) is 18.2 Å². The molecule has 1 atom stereocenters. The van der Waals surface area contributed by atoms with Crippen molar-refractivity contribution >= 4 is 33.9 Å². The first-order chi connectivity index (χ1) is 14.5. The number of aryl methyl sites for hydroxylation is 1. The molecule has 1 saturated heterocycles. The second kappa shape index (κ2) is 8.03. The van der Waals surface area contributed by atoms with Crippen LogP contribution in [0.2, 0.25) is 0 Å². The highest BCUT2D eigenvalue weighted by Gasteiger charge is 2.48. The molecule has 152 valence electrons. The molecule has 1 unspecified atom stereocenters. The van der Waals surface area contributed by atoms with Crippen molar-refractivity contribution in [1.82, 2.24) is 15.2 Å². The number of ether oxygens (including phenoxy) is 1. The predicted molar refractivity (Wildman–Crippen MR) is 111 cm³/mol. The molecule has 1 aromatic carbocycles. The first-order valence-electron chi connectivity index (χ1n) is 9.25. The molecule has 0 aliphatic carbocycles. The predicted octanol–water partition coefficient (Wildman–Crippen LogP) is 3.27. The molecule has 3 aromatic rings. The van der Waals surface area contributed by atoms with Crippen molar-refractivity contribution in [3.63, 3.8) is 0 Å². The number of rotatable bonds is 5. The van der Waals surface area contributed by atoms with E-state index in [0.717, 1.165) is 0 Å². The van der Waals surface area contributed by atoms with E-state index in [9.17, 15) is 14.7 Å². The maximum absolute atomic E-state index is 13.0. The van der Waals surface area contributed by atoms with E-state index in [4.69, 9.17) is 4.74 Å². The second-order valence-corrected chi connectivity index (χ2v) is 7.67. The fourth-order valence-electron chi connectivity index (χ4n) is 3.31. The zero-order chi connectivity index (χ0) is 21.3. The average Bonchev–Trinajstić information content (AvgIpc) is 3.30. The van der Waals surface area contributed by atoms with Gasteiger partial charge in [-0.3, -0.25) is 19.5 Å². The van der Waals surface area contributed by atoms with Gasteiger partial charge in [0, 0.05) is 18.0 Å². The Hall–Kier alpha value is -3.59. The number of anilines is 1. The van der Waals surface area contributed by atoms with Gasteiger partial charge in [-0.2, -0.15) is 0 Å². The fourth-order valence-corrected chi connectivity index (χ4v) is 4.02. The van der Waals surface area contributed by atoms with E-state index in [-0.39, 0.29) is 11.3 Å². The van der Waals surface area contributed by atoms with Crippen LogP contribution in [0.3, 0.4) is 0 Å². The van der Waals surface area contributed by atoms with Crippen molar-refractivity contribution in [2.75, 3.05) is 11.5 Å². The van der Waals surface area contributed by atoms with Gasteiger partial charge in [-0.25, -0.2) is 0 Å². The van der Waals surface area contributed by atoms with Gasteiger partial charge in [0.15, 0.2) is 0 Å². The van der Waals surface area contributed by atoms with Crippen molar-refractivity contribution in [2.45, 2.75) is 19.9 Å². The van der Waals surface area contributed by atoms with Crippen molar-refractivity contribution in [1.29, 1.82) is 0 Å². The first-order valence-corrected chi connectivity index (χ1v) is 10.1. The zero-order valence-electron chi connectivity index (χ0n) is 16.3. The van der Waals surface area contributed by atoms with Gasteiger partial charge < -0.3 is 9.84 Å². The van der Waals surface area contributed by atoms with Crippen molar-refractivity contribution in [3.05, 3.63) is 70.5 Å². The molecule has 0 spiro atoms. The summed E-state index contributed by atoms with van der Waals surface area (Å²) < 4.78 is 5.49. The Morgan fingerprint density at radius 2 is 1.83 bits per heavy atom. The number of aliphatic hydroxyl groups is 1. The number of pyridine rings is 1. The number of aliphatic hydroxyl groups excluding tert-OH is 1. The number of amides is 1. The Labute approximate surface area is 176 Å². The van der Waals surface area contributed by atoms with Gasteiger partial charge in [0.2, 0.25) is 5.13 Å². The Bertz CT molecular complexity index is 1130. The lowest BCUT2D eigenvalue weighted by Crippen LogP contribution is -2.29. The lowest BCUT2D eigenvalue weighted by atomic mass is 9.95. The average molecular weight is 422 g/mol. The van der Waals surface area contributed by atoms with Gasteiger partial charge in [-0.05, 0) is 43.7 Å². The third kappa shape index (κ3) is 3.43. The van der Waals surface area contributed by atoms with Crippen LogP contribution in [0.25, 0.3) is 5.76 Å². The number of ketones is 1. The summed E-state index contributed by atoms with van der Waals surface area (Å²) in [5.41, 5.74) is 1.02. The summed E-state index contributed by atoms with van der Waals surface area (Å²) in [4.78, 5) is 31.1. The highest BCUT2D eigenvalue weighted by molar-refractivity contribution is 7.15. The van der Waals surface area contributed by atoms with Crippen LogP contribution in [-0.2, 0) is 9.59 Å². The minimum atomic E-state index is -0.846. The van der Waals surface area contributed by atoms with Crippen molar-refractivity contribution in [3.8, 4) is 5.75 Å². The highest BCUT2D eigenvalue weighted by Crippen LogP contribution is 2.43. The van der Waals surface area contributed by atoms with Crippen LogP contribution in [0.4, 0.5) is 5.13 Å². The number of hydrogen-bond donors (Lipinski definition) is 1. The number of hydrogen-bond acceptors (Lipinski definition) is 8. The van der Waals surface area contributed by atoms with Gasteiger partial charge in [0.25, 0.3) is 5.78 Å². The summed E-state index contributed by atoms with van der Waals surface area (Å²) >= 11 is 1.20. The van der Waals surface area contributed by atoms with Crippen LogP contribution in [0.1, 0.15) is 29.1 Å². The third-order valence-corrected chi connectivity index (χ3v) is 5.46. The van der Waals surface area contributed by atoms with Gasteiger partial charge in [-0.15, -0.1) is 10.2 Å². The molecular weight excluding hydrogens is 404 g/mol. The number of benzene rings is 1. The molecule has 1 aliphatic heterocycles. The Morgan fingerprint density at radius 3 is 2.43 bits per heavy atom. The largest absolute Gasteiger partial charge is 0.507 e. The quantitative estimate of drug-likeness (QED) is 0.382. The van der Waals surface area contributed by atoms with E-state index >= 15 is 0 Å². The molecule has 9 heteroatoms. The molecule has 0 bridgehead atoms. The van der Waals surface area contributed by atoms with Crippen molar-refractivity contribution < 1.29 is 19.4 Å². The van der Waals surface area contributed by atoms with E-state index in [2.05, 4.69) is 15.2 Å². The Balaban J connectivity index is 1.89. The highest BCUT2D eigenvalue weighted by atomic mass is 32.1. The number of carbonyl (C=O) groups excluding carboxylic acids is 2. The smallest absolute Gasteiger partial charge is 0.301 e. The maximum atomic E-state index is 13.0. The summed E-state index contributed by atoms with van der Waals surface area (Å²) in [6, 6.07) is 9.36. The molecule has 1 N–H and O–H groups in total. The van der Waals surface area contributed by atoms with Crippen LogP contribution in [0.15, 0.2) is 54.4 Å². The molecule has 8 nitrogen and oxygen atoms in total. The minimum absolute atomic E-state index is 0.0109. The number of nitrogens with zero attached hydrogens (tertiary/aromatic N) is 4. The Kier molecular flexibility index (Phi) is 5.28. The molecular formula is C21H18N4O4S. The first kappa shape index (κ1) is 19.7. The summed E-state index contributed by atoms with van der Waals surface area (Å²) in [5.74, 6) is -1.14. The van der Waals surface area contributed by atoms with Gasteiger partial charge in [0.1, 0.15) is 16.5 Å². The SMILES string of the molecule is CCOc1ccc(C2/C(=C(/O)c3ccncc3)C(=O)C(=O)N2c2nnc(C)s2)cc1. The molecule has 3 heterocycles. The molecule has 0 radical (unpaired) electrons. The zero-order valence-corrected chi connectivity index (χ0v) is 17.1. The summed E-state index contributed by atoms with van der Waals surface area (Å²) in [6.45, 7) is 4.17. The van der Waals surface area contributed by atoms with E-state index in [1.54, 1.807) is 43.3 Å². The standard InChI is InChI=1S/C21H18N4O4S/c1-3-29-15-6-4-13(5-7-15)17-16(18(26)14-8-10-22-11-9-14)19(27)20(28)25(17)21-24-23-12(2)30-21/h4-11,17,26H,3H2,1-2H3/b18-16-. The molecule has 30 heavy (non-hydrogen) atoms. The Morgan fingerprint density at radius 1 is 1.13 bits per heavy atom. The maximum Gasteiger partial charge on any atom is 0.301 e. The number of aromatic nitrogens is 3. The van der Waals surface area contributed by atoms with Crippen LogP contribution in [-0.4, -0.2) is 38.6 Å². The molecule has 0 saturated carbocycles. The fraction of sp³-hybridized carbons (Fsp3) is 0.190. The van der Waals surface area contributed by atoms with E-state index in [1.165, 1.54) is 28.6 Å². The van der Waals surface area contributed by atoms with Crippen molar-refractivity contribution in [2.24, 2.45) is 0 Å². The molecule has 4 rings (SSSR count). The molecule has 1 fully saturated rings. The number of Topliss-reactive ketones (excluding diaryl/α,β-unsaturated/α-hetero) is 1. The topological polar surface area (TPSA) is 106 Å². The molecule has 1 aliphatic rings. The van der Waals surface area contributed by atoms with Crippen LogP contribution >= 0.6 is 11.3 Å². The van der Waals surface area contributed by atoms with Crippen LogP contribution < -0.4 is 9.64 Å². The summed E-state index contributed by atoms with van der Waals surface area (Å²) in [5, 5.41) is 19.9. The van der Waals surface area contributed by atoms with E-state index < -0.39 is 17.7 Å². The lowest BCUT2D eigenvalue weighted by Gasteiger charge is -2.22. The summed E-state index contributed by atoms with van der Waals surface area (Å²) in [7, 11) is 0. The lowest BCUT2D eigenvalue weighted by molar-refractivity contribution is -0.132. The minimum Gasteiger partial charge on any atom is -0.507 e. The summed E-state index contributed by atoms with van der Waals surface area (Å²) in [6.07, 6.45) is 3.01. The van der Waals surface area contributed by atoms with Crippen LogP contribution in [0.5, 0.6) is 5.75 Å². The molecule has 2 aromatic heterocycles. The molecule has 1 amide bonds. The van der Waals surface area contributed by atoms with Gasteiger partial charge >= 0.3 is 5.91 Å².